The van der Waals surface area contributed by atoms with E-state index in [1.54, 1.807) is 12.0 Å². The zero-order valence-corrected chi connectivity index (χ0v) is 21.8. The van der Waals surface area contributed by atoms with E-state index < -0.39 is 5.54 Å². The third-order valence-electron chi connectivity index (χ3n) is 8.25. The van der Waals surface area contributed by atoms with Crippen molar-refractivity contribution in [2.24, 2.45) is 0 Å². The van der Waals surface area contributed by atoms with Gasteiger partial charge in [-0.15, -0.1) is 0 Å². The van der Waals surface area contributed by atoms with Gasteiger partial charge < -0.3 is 9.64 Å². The highest BCUT2D eigenvalue weighted by atomic mass is 16.5. The molecule has 0 unspecified atom stereocenters. The molecule has 1 spiro atoms. The van der Waals surface area contributed by atoms with E-state index in [0.717, 1.165) is 36.0 Å². The van der Waals surface area contributed by atoms with E-state index in [2.05, 4.69) is 71.6 Å². The molecule has 4 aromatic carbocycles. The van der Waals surface area contributed by atoms with Crippen molar-refractivity contribution in [1.82, 2.24) is 14.7 Å². The number of hydrogen-bond acceptors (Lipinski definition) is 4. The molecular formula is C32H33N3O3. The smallest absolute Gasteiger partial charge is 0.328 e. The Labute approximate surface area is 223 Å². The Kier molecular flexibility index (Phi) is 6.60. The summed E-state index contributed by atoms with van der Waals surface area (Å²) in [6.45, 7) is 3.46. The fraction of sp³-hybridized carbons (Fsp3) is 0.312. The lowest BCUT2D eigenvalue weighted by Gasteiger charge is -2.42. The summed E-state index contributed by atoms with van der Waals surface area (Å²) in [5, 5.41) is 4.76. The highest BCUT2D eigenvalue weighted by molar-refractivity contribution is 6.07. The highest BCUT2D eigenvalue weighted by Gasteiger charge is 2.57. The maximum absolute atomic E-state index is 14.0. The molecule has 2 heterocycles. The molecule has 2 aliphatic heterocycles. The molecule has 0 aliphatic carbocycles. The summed E-state index contributed by atoms with van der Waals surface area (Å²) in [6, 6.07) is 29.0. The zero-order chi connectivity index (χ0) is 26.1. The van der Waals surface area contributed by atoms with E-state index in [1.165, 1.54) is 21.2 Å². The molecular weight excluding hydrogens is 474 g/mol. The van der Waals surface area contributed by atoms with Gasteiger partial charge in [-0.25, -0.2) is 4.79 Å². The van der Waals surface area contributed by atoms with Crippen LogP contribution in [-0.4, -0.2) is 65.5 Å². The number of carbonyl (C=O) groups excluding carboxylic acids is 2. The fourth-order valence-corrected chi connectivity index (χ4v) is 6.17. The third-order valence-corrected chi connectivity index (χ3v) is 8.25. The van der Waals surface area contributed by atoms with Gasteiger partial charge in [0, 0.05) is 33.3 Å². The molecule has 3 amide bonds. The van der Waals surface area contributed by atoms with Crippen LogP contribution in [0, 0.1) is 0 Å². The molecule has 0 radical (unpaired) electrons. The number of benzene rings is 4. The molecule has 6 heteroatoms. The number of carbonyl (C=O) groups is 2. The maximum Gasteiger partial charge on any atom is 0.328 e. The number of amides is 3. The molecule has 0 atom stereocenters. The molecule has 4 aromatic rings. The topological polar surface area (TPSA) is 53.1 Å². The summed E-state index contributed by atoms with van der Waals surface area (Å²) in [6.07, 6.45) is 1.25. The molecule has 6 nitrogen and oxygen atoms in total. The molecule has 0 saturated carbocycles. The third kappa shape index (κ3) is 4.34. The van der Waals surface area contributed by atoms with Gasteiger partial charge in [0.2, 0.25) is 0 Å². The van der Waals surface area contributed by atoms with Crippen LogP contribution >= 0.6 is 0 Å². The van der Waals surface area contributed by atoms with Crippen molar-refractivity contribution in [3.63, 3.8) is 0 Å². The Morgan fingerprint density at radius 2 is 1.50 bits per heavy atom. The van der Waals surface area contributed by atoms with E-state index in [1.807, 2.05) is 18.2 Å². The number of methoxy groups -OCH3 is 1. The second-order valence-electron chi connectivity index (χ2n) is 10.4. The number of likely N-dealkylation sites (tertiary alicyclic amines) is 1. The zero-order valence-electron chi connectivity index (χ0n) is 21.8. The minimum Gasteiger partial charge on any atom is -0.383 e. The number of nitrogens with zero attached hydrogens (tertiary/aromatic N) is 3. The molecule has 6 rings (SSSR count). The van der Waals surface area contributed by atoms with Crippen molar-refractivity contribution in [2.45, 2.75) is 31.5 Å². The Balaban J connectivity index is 1.22. The van der Waals surface area contributed by atoms with Gasteiger partial charge in [0.25, 0.3) is 5.91 Å². The van der Waals surface area contributed by atoms with Crippen LogP contribution in [0.4, 0.5) is 4.79 Å². The summed E-state index contributed by atoms with van der Waals surface area (Å²) < 4.78 is 5.33. The van der Waals surface area contributed by atoms with Crippen molar-refractivity contribution in [1.29, 1.82) is 0 Å². The van der Waals surface area contributed by atoms with E-state index >= 15 is 0 Å². The van der Waals surface area contributed by atoms with Crippen molar-refractivity contribution in [3.05, 3.63) is 96.1 Å². The molecule has 0 bridgehead atoms. The molecule has 38 heavy (non-hydrogen) atoms. The average molecular weight is 508 g/mol. The lowest BCUT2D eigenvalue weighted by atomic mass is 9.85. The fourth-order valence-electron chi connectivity index (χ4n) is 6.17. The van der Waals surface area contributed by atoms with E-state index in [-0.39, 0.29) is 18.5 Å². The van der Waals surface area contributed by atoms with Crippen LogP contribution in [0.1, 0.15) is 24.0 Å². The number of fused-ring (bicyclic) bond motifs is 2. The molecule has 2 fully saturated rings. The number of rotatable bonds is 7. The van der Waals surface area contributed by atoms with Gasteiger partial charge in [-0.05, 0) is 51.6 Å². The summed E-state index contributed by atoms with van der Waals surface area (Å²) in [7, 11) is 1.63. The minimum atomic E-state index is -0.804. The normalized spacial score (nSPS) is 17.8. The van der Waals surface area contributed by atoms with Crippen LogP contribution in [0.25, 0.3) is 21.5 Å². The van der Waals surface area contributed by atoms with Crippen LogP contribution in [0.3, 0.4) is 0 Å². The van der Waals surface area contributed by atoms with Crippen LogP contribution in [0.2, 0.25) is 0 Å². The summed E-state index contributed by atoms with van der Waals surface area (Å²) >= 11 is 0. The van der Waals surface area contributed by atoms with Gasteiger partial charge in [-0.3, -0.25) is 14.6 Å². The largest absolute Gasteiger partial charge is 0.383 e. The molecule has 2 saturated heterocycles. The first-order chi connectivity index (χ1) is 18.6. The minimum absolute atomic E-state index is 0.0726. The summed E-state index contributed by atoms with van der Waals surface area (Å²) in [5.74, 6) is -0.0726. The lowest BCUT2D eigenvalue weighted by molar-refractivity contribution is -0.136. The predicted octanol–water partition coefficient (Wildman–Crippen LogP) is 5.44. The molecule has 0 aromatic heterocycles. The number of piperidine rings is 1. The summed E-state index contributed by atoms with van der Waals surface area (Å²) in [4.78, 5) is 33.3. The summed E-state index contributed by atoms with van der Waals surface area (Å²) in [5.41, 5.74) is 1.45. The van der Waals surface area contributed by atoms with Gasteiger partial charge in [-0.2, -0.15) is 0 Å². The Morgan fingerprint density at radius 3 is 2.29 bits per heavy atom. The Bertz CT molecular complexity index is 1490. The first-order valence-electron chi connectivity index (χ1n) is 13.4. The van der Waals surface area contributed by atoms with Gasteiger partial charge in [0.15, 0.2) is 0 Å². The van der Waals surface area contributed by atoms with Gasteiger partial charge in [0.05, 0.1) is 13.2 Å². The van der Waals surface area contributed by atoms with Crippen molar-refractivity contribution in [3.8, 4) is 0 Å². The number of ether oxygens (including phenoxy) is 1. The molecule has 2 aliphatic rings. The van der Waals surface area contributed by atoms with Crippen LogP contribution < -0.4 is 0 Å². The SMILES string of the molecule is COCCN1C(=O)N(Cc2ccc3ccccc3c2)C(=O)C12CCN(Cc1cccc3ccccc13)CC2. The van der Waals surface area contributed by atoms with E-state index in [0.29, 0.717) is 26.0 Å². The predicted molar refractivity (Wildman–Crippen MR) is 150 cm³/mol. The monoisotopic (exact) mass is 507 g/mol. The van der Waals surface area contributed by atoms with Crippen molar-refractivity contribution in [2.75, 3.05) is 33.4 Å². The van der Waals surface area contributed by atoms with Crippen molar-refractivity contribution >= 4 is 33.5 Å². The second kappa shape index (κ2) is 10.2. The lowest BCUT2D eigenvalue weighted by Crippen LogP contribution is -2.57. The Morgan fingerprint density at radius 1 is 0.789 bits per heavy atom. The number of urea groups is 1. The van der Waals surface area contributed by atoms with Crippen LogP contribution in [0.15, 0.2) is 84.9 Å². The highest BCUT2D eigenvalue weighted by Crippen LogP contribution is 2.38. The first-order valence-corrected chi connectivity index (χ1v) is 13.4. The van der Waals surface area contributed by atoms with Gasteiger partial charge >= 0.3 is 6.03 Å². The van der Waals surface area contributed by atoms with Gasteiger partial charge in [0.1, 0.15) is 5.54 Å². The molecule has 194 valence electrons. The van der Waals surface area contributed by atoms with E-state index in [4.69, 9.17) is 4.74 Å². The maximum atomic E-state index is 14.0. The Hall–Kier alpha value is -3.74. The van der Waals surface area contributed by atoms with Crippen molar-refractivity contribution < 1.29 is 14.3 Å². The number of hydrogen-bond donors (Lipinski definition) is 0. The van der Waals surface area contributed by atoms with Crippen LogP contribution in [-0.2, 0) is 22.6 Å². The number of imide groups is 1. The quantitative estimate of drug-likeness (QED) is 0.313. The average Bonchev–Trinajstić information content (AvgIpc) is 3.14. The second-order valence-corrected chi connectivity index (χ2v) is 10.4. The van der Waals surface area contributed by atoms with E-state index in [9.17, 15) is 9.59 Å². The standard InChI is InChI=1S/C32H33N3O3/c1-38-20-19-35-31(37)34(22-24-13-14-25-7-2-3-9-27(25)21-24)30(36)32(35)15-17-33(18-16-32)23-28-11-6-10-26-8-4-5-12-29(26)28/h2-14,21H,15-20,22-23H2,1H3. The molecule has 0 N–H and O–H groups in total. The van der Waals surface area contributed by atoms with Gasteiger partial charge in [-0.1, -0.05) is 78.9 Å². The first kappa shape index (κ1) is 24.6. The van der Waals surface area contributed by atoms with Crippen LogP contribution in [0.5, 0.6) is 0 Å².